The van der Waals surface area contributed by atoms with Gasteiger partial charge in [0.15, 0.2) is 0 Å². The molecule has 1 atom stereocenters. The number of aromatic nitrogens is 3. The summed E-state index contributed by atoms with van der Waals surface area (Å²) >= 11 is 0. The Balaban J connectivity index is 2.10. The SMILES string of the molecule is CNS(=O)(=O)c1cc(C(=O)N[C@H](C)Cn2ccnc2)n(C)c1. The average Bonchev–Trinajstić information content (AvgIpc) is 3.08. The molecule has 0 saturated heterocycles. The maximum absolute atomic E-state index is 12.3. The van der Waals surface area contributed by atoms with Gasteiger partial charge in [-0.15, -0.1) is 0 Å². The monoisotopic (exact) mass is 325 g/mol. The molecular weight excluding hydrogens is 306 g/mol. The van der Waals surface area contributed by atoms with Gasteiger partial charge in [0.25, 0.3) is 5.91 Å². The Labute approximate surface area is 129 Å². The van der Waals surface area contributed by atoms with Crippen LogP contribution in [0.4, 0.5) is 0 Å². The molecule has 9 heteroatoms. The predicted molar refractivity (Wildman–Crippen MR) is 80.8 cm³/mol. The van der Waals surface area contributed by atoms with Crippen molar-refractivity contribution < 1.29 is 13.2 Å². The summed E-state index contributed by atoms with van der Waals surface area (Å²) in [4.78, 5) is 16.3. The first-order chi connectivity index (χ1) is 10.3. The molecule has 2 aromatic rings. The lowest BCUT2D eigenvalue weighted by atomic mass is 10.3. The molecule has 2 heterocycles. The fraction of sp³-hybridized carbons (Fsp3) is 0.385. The van der Waals surface area contributed by atoms with Gasteiger partial charge in [-0.1, -0.05) is 0 Å². The van der Waals surface area contributed by atoms with Crippen LogP contribution in [0, 0.1) is 0 Å². The van der Waals surface area contributed by atoms with Crippen LogP contribution in [-0.4, -0.2) is 41.5 Å². The molecule has 0 aliphatic heterocycles. The quantitative estimate of drug-likeness (QED) is 0.778. The minimum Gasteiger partial charge on any atom is -0.347 e. The molecule has 0 saturated carbocycles. The topological polar surface area (TPSA) is 98.0 Å². The lowest BCUT2D eigenvalue weighted by Crippen LogP contribution is -2.36. The molecule has 2 N–H and O–H groups in total. The van der Waals surface area contributed by atoms with E-state index in [4.69, 9.17) is 0 Å². The maximum Gasteiger partial charge on any atom is 0.268 e. The van der Waals surface area contributed by atoms with E-state index in [0.29, 0.717) is 6.54 Å². The summed E-state index contributed by atoms with van der Waals surface area (Å²) in [5.41, 5.74) is 0.284. The number of carbonyl (C=O) groups is 1. The molecule has 0 spiro atoms. The molecule has 0 aliphatic carbocycles. The second-order valence-corrected chi connectivity index (χ2v) is 6.90. The van der Waals surface area contributed by atoms with Gasteiger partial charge in [-0.3, -0.25) is 4.79 Å². The summed E-state index contributed by atoms with van der Waals surface area (Å²) in [6, 6.07) is 1.23. The van der Waals surface area contributed by atoms with Crippen LogP contribution in [0.2, 0.25) is 0 Å². The van der Waals surface area contributed by atoms with Crippen LogP contribution in [0.5, 0.6) is 0 Å². The number of nitrogens with zero attached hydrogens (tertiary/aromatic N) is 3. The number of aryl methyl sites for hydroxylation is 1. The third-order valence-electron chi connectivity index (χ3n) is 3.21. The van der Waals surface area contributed by atoms with E-state index in [0.717, 1.165) is 0 Å². The molecule has 8 nitrogen and oxygen atoms in total. The highest BCUT2D eigenvalue weighted by Gasteiger charge is 2.20. The van der Waals surface area contributed by atoms with Crippen molar-refractivity contribution in [2.45, 2.75) is 24.4 Å². The van der Waals surface area contributed by atoms with Gasteiger partial charge < -0.3 is 14.5 Å². The molecule has 2 aromatic heterocycles. The first kappa shape index (κ1) is 16.2. The molecule has 0 radical (unpaired) electrons. The van der Waals surface area contributed by atoms with Crippen molar-refractivity contribution >= 4 is 15.9 Å². The molecule has 2 rings (SSSR count). The van der Waals surface area contributed by atoms with Crippen LogP contribution < -0.4 is 10.0 Å². The highest BCUT2D eigenvalue weighted by Crippen LogP contribution is 2.13. The molecular formula is C13H19N5O3S. The smallest absolute Gasteiger partial charge is 0.268 e. The van der Waals surface area contributed by atoms with E-state index < -0.39 is 10.0 Å². The lowest BCUT2D eigenvalue weighted by molar-refractivity contribution is 0.0928. The van der Waals surface area contributed by atoms with Gasteiger partial charge in [0, 0.05) is 38.2 Å². The maximum atomic E-state index is 12.3. The number of hydrogen-bond donors (Lipinski definition) is 2. The van der Waals surface area contributed by atoms with Crippen molar-refractivity contribution in [2.75, 3.05) is 7.05 Å². The second kappa shape index (κ2) is 6.32. The molecule has 0 fully saturated rings. The number of sulfonamides is 1. The summed E-state index contributed by atoms with van der Waals surface area (Å²) in [5.74, 6) is -0.326. The summed E-state index contributed by atoms with van der Waals surface area (Å²) < 4.78 is 29.1. The van der Waals surface area contributed by atoms with Crippen LogP contribution in [0.1, 0.15) is 17.4 Å². The first-order valence-corrected chi connectivity index (χ1v) is 8.18. The van der Waals surface area contributed by atoms with Crippen molar-refractivity contribution in [2.24, 2.45) is 7.05 Å². The lowest BCUT2D eigenvalue weighted by Gasteiger charge is -2.14. The van der Waals surface area contributed by atoms with E-state index in [-0.39, 0.29) is 22.5 Å². The van der Waals surface area contributed by atoms with E-state index >= 15 is 0 Å². The molecule has 0 bridgehead atoms. The molecule has 1 amide bonds. The van der Waals surface area contributed by atoms with E-state index in [1.807, 2.05) is 17.7 Å². The fourth-order valence-corrected chi connectivity index (χ4v) is 2.88. The highest BCUT2D eigenvalue weighted by molar-refractivity contribution is 7.89. The molecule has 120 valence electrons. The van der Waals surface area contributed by atoms with Gasteiger partial charge in [-0.2, -0.15) is 0 Å². The zero-order chi connectivity index (χ0) is 16.3. The average molecular weight is 325 g/mol. The number of hydrogen-bond acceptors (Lipinski definition) is 4. The third-order valence-corrected chi connectivity index (χ3v) is 4.59. The molecule has 22 heavy (non-hydrogen) atoms. The molecule has 0 unspecified atom stereocenters. The Bertz CT molecular complexity index is 749. The van der Waals surface area contributed by atoms with Crippen molar-refractivity contribution in [1.29, 1.82) is 0 Å². The number of amides is 1. The summed E-state index contributed by atoms with van der Waals surface area (Å²) in [6.07, 6.45) is 6.55. The first-order valence-electron chi connectivity index (χ1n) is 6.70. The fourth-order valence-electron chi connectivity index (χ4n) is 2.08. The van der Waals surface area contributed by atoms with E-state index in [9.17, 15) is 13.2 Å². The van der Waals surface area contributed by atoms with Gasteiger partial charge in [-0.05, 0) is 20.0 Å². The molecule has 0 aromatic carbocycles. The van der Waals surface area contributed by atoms with E-state index in [2.05, 4.69) is 15.0 Å². The predicted octanol–water partition coefficient (Wildman–Crippen LogP) is -0.0518. The second-order valence-electron chi connectivity index (χ2n) is 5.01. The van der Waals surface area contributed by atoms with Gasteiger partial charge >= 0.3 is 0 Å². The number of rotatable bonds is 6. The van der Waals surface area contributed by atoms with Crippen LogP contribution in [0.25, 0.3) is 0 Å². The minimum absolute atomic E-state index is 0.0601. The zero-order valence-corrected chi connectivity index (χ0v) is 13.5. The van der Waals surface area contributed by atoms with Crippen molar-refractivity contribution in [3.8, 4) is 0 Å². The summed E-state index contributed by atoms with van der Waals surface area (Å²) in [6.45, 7) is 2.45. The Kier molecular flexibility index (Phi) is 4.67. The van der Waals surface area contributed by atoms with Crippen LogP contribution in [0.3, 0.4) is 0 Å². The number of imidazole rings is 1. The van der Waals surface area contributed by atoms with Crippen LogP contribution in [0.15, 0.2) is 35.9 Å². The number of carbonyl (C=O) groups excluding carboxylic acids is 1. The largest absolute Gasteiger partial charge is 0.347 e. The van der Waals surface area contributed by atoms with Crippen molar-refractivity contribution in [3.63, 3.8) is 0 Å². The van der Waals surface area contributed by atoms with Gasteiger partial charge in [0.2, 0.25) is 10.0 Å². The summed E-state index contributed by atoms with van der Waals surface area (Å²) in [5, 5.41) is 2.83. The normalized spacial score (nSPS) is 13.0. The zero-order valence-electron chi connectivity index (χ0n) is 12.6. The minimum atomic E-state index is -3.57. The standard InChI is InChI=1S/C13H19N5O3S/c1-10(7-18-5-4-15-9-18)16-13(19)12-6-11(8-17(12)3)22(20,21)14-2/h4-6,8-10,14H,7H2,1-3H3,(H,16,19)/t10-/m1/s1. The Morgan fingerprint density at radius 3 is 2.77 bits per heavy atom. The van der Waals surface area contributed by atoms with Crippen LogP contribution >= 0.6 is 0 Å². The Morgan fingerprint density at radius 2 is 2.18 bits per heavy atom. The van der Waals surface area contributed by atoms with Crippen molar-refractivity contribution in [1.82, 2.24) is 24.2 Å². The Hall–Kier alpha value is -2.13. The molecule has 0 aliphatic rings. The third kappa shape index (κ3) is 3.55. The van der Waals surface area contributed by atoms with Crippen LogP contribution in [-0.2, 0) is 23.6 Å². The highest BCUT2D eigenvalue weighted by atomic mass is 32.2. The van der Waals surface area contributed by atoms with Gasteiger partial charge in [0.1, 0.15) is 10.6 Å². The Morgan fingerprint density at radius 1 is 1.45 bits per heavy atom. The van der Waals surface area contributed by atoms with Gasteiger partial charge in [0.05, 0.1) is 6.33 Å². The van der Waals surface area contributed by atoms with Crippen molar-refractivity contribution in [3.05, 3.63) is 36.7 Å². The van der Waals surface area contributed by atoms with E-state index in [1.54, 1.807) is 19.6 Å². The van der Waals surface area contributed by atoms with Gasteiger partial charge in [-0.25, -0.2) is 18.1 Å². The summed E-state index contributed by atoms with van der Waals surface area (Å²) in [7, 11) is -0.608. The van der Waals surface area contributed by atoms with E-state index in [1.165, 1.54) is 23.9 Å². The number of nitrogens with one attached hydrogen (secondary N) is 2.